The van der Waals surface area contributed by atoms with E-state index < -0.39 is 0 Å². The van der Waals surface area contributed by atoms with E-state index in [1.165, 1.54) is 0 Å². The van der Waals surface area contributed by atoms with Gasteiger partial charge in [-0.1, -0.05) is 27.7 Å². The maximum Gasteiger partial charge on any atom is 0.219 e. The largest absolute Gasteiger partial charge is 0.356 e. The van der Waals surface area contributed by atoms with E-state index in [2.05, 4.69) is 10.6 Å². The summed E-state index contributed by atoms with van der Waals surface area (Å²) >= 11 is 0. The van der Waals surface area contributed by atoms with E-state index in [4.69, 9.17) is 0 Å². The van der Waals surface area contributed by atoms with Gasteiger partial charge in [-0.2, -0.15) is 0 Å². The maximum atomic E-state index is 11.1. The molecule has 4 nitrogen and oxygen atoms in total. The van der Waals surface area contributed by atoms with Crippen LogP contribution >= 0.6 is 0 Å². The smallest absolute Gasteiger partial charge is 0.219 e. The van der Waals surface area contributed by atoms with Crippen molar-refractivity contribution in [2.75, 3.05) is 13.1 Å². The molecule has 0 spiro atoms. The Labute approximate surface area is 91.8 Å². The number of nitrogens with one attached hydrogen (secondary N) is 2. The fourth-order valence-corrected chi connectivity index (χ4v) is 0.988. The first kappa shape index (κ1) is 13.9. The minimum atomic E-state index is -0.102. The summed E-state index contributed by atoms with van der Waals surface area (Å²) < 4.78 is 0. The molecule has 0 aromatic heterocycles. The number of hydrogen-bond acceptors (Lipinski definition) is 2. The van der Waals surface area contributed by atoms with E-state index in [1.54, 1.807) is 0 Å². The van der Waals surface area contributed by atoms with Crippen molar-refractivity contribution in [2.24, 2.45) is 5.41 Å². The zero-order valence-corrected chi connectivity index (χ0v) is 10.1. The molecule has 88 valence electrons. The average molecular weight is 214 g/mol. The zero-order valence-electron chi connectivity index (χ0n) is 10.1. The maximum absolute atomic E-state index is 11.1. The van der Waals surface area contributed by atoms with E-state index in [0.717, 1.165) is 0 Å². The highest BCUT2D eigenvalue weighted by Crippen LogP contribution is 2.11. The van der Waals surface area contributed by atoms with Crippen LogP contribution in [0.2, 0.25) is 0 Å². The Morgan fingerprint density at radius 2 is 1.27 bits per heavy atom. The fourth-order valence-electron chi connectivity index (χ4n) is 0.988. The van der Waals surface area contributed by atoms with Crippen molar-refractivity contribution in [1.29, 1.82) is 0 Å². The van der Waals surface area contributed by atoms with Crippen LogP contribution in [0, 0.1) is 5.41 Å². The number of amides is 2. The topological polar surface area (TPSA) is 58.2 Å². The molecule has 0 heterocycles. The molecule has 0 radical (unpaired) electrons. The molecule has 0 saturated heterocycles. The lowest BCUT2D eigenvalue weighted by Gasteiger charge is -2.25. The van der Waals surface area contributed by atoms with Gasteiger partial charge in [0.25, 0.3) is 0 Å². The summed E-state index contributed by atoms with van der Waals surface area (Å²) in [6.07, 6.45) is 0.995. The lowest BCUT2D eigenvalue weighted by molar-refractivity contribution is -0.121. The summed E-state index contributed by atoms with van der Waals surface area (Å²) in [5.41, 5.74) is -0.102. The quantitative estimate of drug-likeness (QED) is 0.694. The van der Waals surface area contributed by atoms with Crippen LogP contribution in [-0.4, -0.2) is 24.9 Å². The first-order valence-corrected chi connectivity index (χ1v) is 5.44. The summed E-state index contributed by atoms with van der Waals surface area (Å²) in [5, 5.41) is 5.65. The van der Waals surface area contributed by atoms with Crippen LogP contribution in [0.15, 0.2) is 0 Å². The first-order chi connectivity index (χ1) is 6.91. The molecule has 0 aliphatic rings. The molecular formula is C11H22N2O2. The summed E-state index contributed by atoms with van der Waals surface area (Å²) in [6.45, 7) is 8.84. The summed E-state index contributed by atoms with van der Waals surface area (Å²) in [7, 11) is 0. The van der Waals surface area contributed by atoms with Gasteiger partial charge in [0.1, 0.15) is 0 Å². The number of carbonyl (C=O) groups is 2. The normalized spacial score (nSPS) is 10.9. The second kappa shape index (κ2) is 6.43. The molecule has 15 heavy (non-hydrogen) atoms. The fraction of sp³-hybridized carbons (Fsp3) is 0.818. The molecule has 0 atom stereocenters. The second-order valence-electron chi connectivity index (χ2n) is 4.42. The van der Waals surface area contributed by atoms with Crippen molar-refractivity contribution >= 4 is 11.8 Å². The van der Waals surface area contributed by atoms with Gasteiger partial charge in [-0.15, -0.1) is 0 Å². The van der Waals surface area contributed by atoms with E-state index in [1.807, 2.05) is 27.7 Å². The van der Waals surface area contributed by atoms with Crippen molar-refractivity contribution in [1.82, 2.24) is 10.6 Å². The van der Waals surface area contributed by atoms with Crippen LogP contribution in [0.4, 0.5) is 0 Å². The molecule has 0 aromatic rings. The molecule has 2 amide bonds. The third-order valence-electron chi connectivity index (χ3n) is 2.17. The molecule has 2 N–H and O–H groups in total. The Kier molecular flexibility index (Phi) is 5.97. The Hall–Kier alpha value is -1.06. The zero-order chi connectivity index (χ0) is 11.9. The molecule has 0 saturated carbocycles. The van der Waals surface area contributed by atoms with Gasteiger partial charge in [0.15, 0.2) is 0 Å². The molecule has 0 aliphatic carbocycles. The minimum absolute atomic E-state index is 0.0462. The minimum Gasteiger partial charge on any atom is -0.356 e. The number of rotatable bonds is 6. The van der Waals surface area contributed by atoms with Crippen molar-refractivity contribution in [3.8, 4) is 0 Å². The molecule has 0 aromatic carbocycles. The molecule has 0 fully saturated rings. The van der Waals surface area contributed by atoms with Gasteiger partial charge in [-0.3, -0.25) is 9.59 Å². The van der Waals surface area contributed by atoms with Crippen molar-refractivity contribution in [3.05, 3.63) is 0 Å². The molecular weight excluding hydrogens is 192 g/mol. The van der Waals surface area contributed by atoms with Crippen molar-refractivity contribution in [2.45, 2.75) is 40.5 Å². The van der Waals surface area contributed by atoms with E-state index in [9.17, 15) is 9.59 Å². The molecule has 0 unspecified atom stereocenters. The molecule has 4 heteroatoms. The van der Waals surface area contributed by atoms with Crippen LogP contribution in [0.5, 0.6) is 0 Å². The monoisotopic (exact) mass is 214 g/mol. The van der Waals surface area contributed by atoms with Gasteiger partial charge < -0.3 is 10.6 Å². The van der Waals surface area contributed by atoms with Crippen LogP contribution in [0.25, 0.3) is 0 Å². The van der Waals surface area contributed by atoms with Crippen LogP contribution in [-0.2, 0) is 9.59 Å². The summed E-state index contributed by atoms with van der Waals surface area (Å²) in [5.74, 6) is 0.0924. The highest BCUT2D eigenvalue weighted by atomic mass is 16.2. The summed E-state index contributed by atoms with van der Waals surface area (Å²) in [4.78, 5) is 22.1. The first-order valence-electron chi connectivity index (χ1n) is 5.44. The van der Waals surface area contributed by atoms with Crippen molar-refractivity contribution < 1.29 is 9.59 Å². The van der Waals surface area contributed by atoms with Gasteiger partial charge in [0.05, 0.1) is 0 Å². The molecule has 0 rings (SSSR count). The van der Waals surface area contributed by atoms with Crippen LogP contribution in [0.3, 0.4) is 0 Å². The highest BCUT2D eigenvalue weighted by molar-refractivity contribution is 5.76. The Bertz CT molecular complexity index is 203. The second-order valence-corrected chi connectivity index (χ2v) is 4.42. The molecule has 0 aliphatic heterocycles. The predicted molar refractivity (Wildman–Crippen MR) is 60.4 cm³/mol. The standard InChI is InChI=1S/C11H22N2O2/c1-5-9(14)12-7-11(3,4)8-13-10(15)6-2/h5-8H2,1-4H3,(H,12,14)(H,13,15). The average Bonchev–Trinajstić information content (AvgIpc) is 2.22. The van der Waals surface area contributed by atoms with Gasteiger partial charge in [0, 0.05) is 25.9 Å². The SMILES string of the molecule is CCC(=O)NCC(C)(C)CNC(=O)CC. The Balaban J connectivity index is 3.86. The number of carbonyl (C=O) groups excluding carboxylic acids is 2. The van der Waals surface area contributed by atoms with E-state index >= 15 is 0 Å². The molecule has 0 bridgehead atoms. The third kappa shape index (κ3) is 6.94. The van der Waals surface area contributed by atoms with Gasteiger partial charge in [0.2, 0.25) is 11.8 Å². The number of hydrogen-bond donors (Lipinski definition) is 2. The Morgan fingerprint density at radius 1 is 0.933 bits per heavy atom. The van der Waals surface area contributed by atoms with Gasteiger partial charge in [-0.25, -0.2) is 0 Å². The van der Waals surface area contributed by atoms with Gasteiger partial charge >= 0.3 is 0 Å². The predicted octanol–water partition coefficient (Wildman–Crippen LogP) is 1.06. The summed E-state index contributed by atoms with van der Waals surface area (Å²) in [6, 6.07) is 0. The van der Waals surface area contributed by atoms with Gasteiger partial charge in [-0.05, 0) is 5.41 Å². The lowest BCUT2D eigenvalue weighted by atomic mass is 9.93. The van der Waals surface area contributed by atoms with Crippen LogP contribution < -0.4 is 10.6 Å². The van der Waals surface area contributed by atoms with E-state index in [0.29, 0.717) is 25.9 Å². The third-order valence-corrected chi connectivity index (χ3v) is 2.17. The lowest BCUT2D eigenvalue weighted by Crippen LogP contribution is -2.41. The highest BCUT2D eigenvalue weighted by Gasteiger charge is 2.18. The Morgan fingerprint density at radius 3 is 1.53 bits per heavy atom. The van der Waals surface area contributed by atoms with E-state index in [-0.39, 0.29) is 17.2 Å². The van der Waals surface area contributed by atoms with Crippen LogP contribution in [0.1, 0.15) is 40.5 Å². The van der Waals surface area contributed by atoms with Crippen molar-refractivity contribution in [3.63, 3.8) is 0 Å².